The van der Waals surface area contributed by atoms with Crippen molar-refractivity contribution in [2.75, 3.05) is 34.2 Å². The molecule has 1 atom stereocenters. The molecule has 0 saturated heterocycles. The maximum atomic E-state index is 6.06. The van der Waals surface area contributed by atoms with E-state index in [1.54, 1.807) is 0 Å². The molecule has 0 aromatic heterocycles. The molecule has 1 saturated carbocycles. The predicted molar refractivity (Wildman–Crippen MR) is 79.8 cm³/mol. The molecule has 0 radical (unpaired) electrons. The molecule has 0 spiro atoms. The predicted octanol–water partition coefficient (Wildman–Crippen LogP) is 2.17. The van der Waals surface area contributed by atoms with Gasteiger partial charge in [-0.25, -0.2) is 0 Å². The molecule has 0 amide bonds. The lowest BCUT2D eigenvalue weighted by molar-refractivity contribution is -0.00822. The van der Waals surface area contributed by atoms with Crippen molar-refractivity contribution in [1.29, 1.82) is 0 Å². The molecule has 108 valence electrons. The van der Waals surface area contributed by atoms with E-state index in [4.69, 9.17) is 5.73 Å². The van der Waals surface area contributed by atoms with Gasteiger partial charge in [-0.1, -0.05) is 13.8 Å². The van der Waals surface area contributed by atoms with Gasteiger partial charge in [0.25, 0.3) is 0 Å². The third kappa shape index (κ3) is 3.25. The van der Waals surface area contributed by atoms with Crippen molar-refractivity contribution in [3.8, 4) is 0 Å². The molecule has 0 aromatic rings. The van der Waals surface area contributed by atoms with Crippen LogP contribution >= 0.6 is 0 Å². The van der Waals surface area contributed by atoms with Crippen molar-refractivity contribution in [3.05, 3.63) is 0 Å². The molecule has 1 aliphatic carbocycles. The fourth-order valence-electron chi connectivity index (χ4n) is 3.24. The standard InChI is InChI=1S/C15H33N3/c1-13(2)10-14(3,11-16)18(6)12-15(17(4)5)8-7-9-15/h13H,7-12,16H2,1-6H3. The minimum Gasteiger partial charge on any atom is -0.329 e. The van der Waals surface area contributed by atoms with Gasteiger partial charge in [-0.15, -0.1) is 0 Å². The van der Waals surface area contributed by atoms with Crippen LogP contribution in [0.4, 0.5) is 0 Å². The number of hydrogen-bond donors (Lipinski definition) is 1. The van der Waals surface area contributed by atoms with Crippen molar-refractivity contribution < 1.29 is 0 Å². The molecule has 2 N–H and O–H groups in total. The highest BCUT2D eigenvalue weighted by atomic mass is 15.3. The Labute approximate surface area is 114 Å². The first-order valence-electron chi connectivity index (χ1n) is 7.34. The average molecular weight is 255 g/mol. The van der Waals surface area contributed by atoms with Crippen LogP contribution in [-0.2, 0) is 0 Å². The molecule has 18 heavy (non-hydrogen) atoms. The zero-order valence-electron chi connectivity index (χ0n) is 13.3. The quantitative estimate of drug-likeness (QED) is 0.757. The molecule has 0 heterocycles. The summed E-state index contributed by atoms with van der Waals surface area (Å²) in [5.41, 5.74) is 6.58. The van der Waals surface area contributed by atoms with Gasteiger partial charge in [-0.3, -0.25) is 4.90 Å². The van der Waals surface area contributed by atoms with E-state index in [0.717, 1.165) is 13.1 Å². The summed E-state index contributed by atoms with van der Waals surface area (Å²) in [6.45, 7) is 8.76. The summed E-state index contributed by atoms with van der Waals surface area (Å²) in [5, 5.41) is 0. The van der Waals surface area contributed by atoms with Gasteiger partial charge >= 0.3 is 0 Å². The van der Waals surface area contributed by atoms with Gasteiger partial charge in [0.1, 0.15) is 0 Å². The van der Waals surface area contributed by atoms with E-state index in [2.05, 4.69) is 51.7 Å². The van der Waals surface area contributed by atoms with Crippen LogP contribution in [0.5, 0.6) is 0 Å². The number of nitrogens with two attached hydrogens (primary N) is 1. The Balaban J connectivity index is 2.69. The summed E-state index contributed by atoms with van der Waals surface area (Å²) in [6, 6.07) is 0. The second-order valence-electron chi connectivity index (χ2n) is 7.13. The minimum atomic E-state index is 0.132. The van der Waals surface area contributed by atoms with E-state index in [-0.39, 0.29) is 5.54 Å². The summed E-state index contributed by atoms with van der Waals surface area (Å²) in [4.78, 5) is 4.92. The molecule has 1 unspecified atom stereocenters. The third-order valence-electron chi connectivity index (χ3n) is 4.97. The van der Waals surface area contributed by atoms with Crippen LogP contribution in [0.15, 0.2) is 0 Å². The SMILES string of the molecule is CC(C)CC(C)(CN)N(C)CC1(N(C)C)CCC1. The van der Waals surface area contributed by atoms with Gasteiger partial charge in [-0.05, 0) is 59.7 Å². The molecule has 3 heteroatoms. The maximum absolute atomic E-state index is 6.06. The third-order valence-corrected chi connectivity index (χ3v) is 4.97. The summed E-state index contributed by atoms with van der Waals surface area (Å²) < 4.78 is 0. The molecule has 1 fully saturated rings. The Bertz CT molecular complexity index is 258. The minimum absolute atomic E-state index is 0.132. The highest BCUT2D eigenvalue weighted by molar-refractivity contribution is 5.00. The lowest BCUT2D eigenvalue weighted by atomic mass is 9.74. The highest BCUT2D eigenvalue weighted by Crippen LogP contribution is 2.38. The second kappa shape index (κ2) is 5.89. The molecule has 0 bridgehead atoms. The Kier molecular flexibility index (Phi) is 5.22. The van der Waals surface area contributed by atoms with Gasteiger partial charge in [0.05, 0.1) is 0 Å². The number of rotatable bonds is 7. The molecule has 0 aromatic carbocycles. The van der Waals surface area contributed by atoms with E-state index in [1.807, 2.05) is 0 Å². The topological polar surface area (TPSA) is 32.5 Å². The normalized spacial score (nSPS) is 22.3. The van der Waals surface area contributed by atoms with E-state index in [9.17, 15) is 0 Å². The van der Waals surface area contributed by atoms with Gasteiger partial charge in [0, 0.05) is 24.2 Å². The van der Waals surface area contributed by atoms with Crippen LogP contribution in [0.1, 0.15) is 46.5 Å². The summed E-state index contributed by atoms with van der Waals surface area (Å²) >= 11 is 0. The number of nitrogens with zero attached hydrogens (tertiary/aromatic N) is 2. The van der Waals surface area contributed by atoms with E-state index >= 15 is 0 Å². The van der Waals surface area contributed by atoms with Crippen molar-refractivity contribution in [1.82, 2.24) is 9.80 Å². The zero-order chi connectivity index (χ0) is 14.0. The molecular formula is C15H33N3. The first-order chi connectivity index (χ1) is 8.26. The number of hydrogen-bond acceptors (Lipinski definition) is 3. The molecular weight excluding hydrogens is 222 g/mol. The van der Waals surface area contributed by atoms with Gasteiger partial charge in [0.2, 0.25) is 0 Å². The Morgan fingerprint density at radius 2 is 1.78 bits per heavy atom. The first kappa shape index (κ1) is 15.9. The van der Waals surface area contributed by atoms with Crippen LogP contribution in [0.3, 0.4) is 0 Å². The average Bonchev–Trinajstić information content (AvgIpc) is 2.21. The summed E-state index contributed by atoms with van der Waals surface area (Å²) in [5.74, 6) is 0.692. The van der Waals surface area contributed by atoms with Crippen molar-refractivity contribution >= 4 is 0 Å². The fourth-order valence-corrected chi connectivity index (χ4v) is 3.24. The van der Waals surface area contributed by atoms with Gasteiger partial charge < -0.3 is 10.6 Å². The fraction of sp³-hybridized carbons (Fsp3) is 1.00. The van der Waals surface area contributed by atoms with Crippen LogP contribution in [0.25, 0.3) is 0 Å². The van der Waals surface area contributed by atoms with E-state index < -0.39 is 0 Å². The maximum Gasteiger partial charge on any atom is 0.0330 e. The first-order valence-corrected chi connectivity index (χ1v) is 7.34. The van der Waals surface area contributed by atoms with Crippen LogP contribution in [0, 0.1) is 5.92 Å². The van der Waals surface area contributed by atoms with E-state index in [1.165, 1.54) is 25.7 Å². The summed E-state index contributed by atoms with van der Waals surface area (Å²) in [7, 11) is 6.68. The van der Waals surface area contributed by atoms with Gasteiger partial charge in [-0.2, -0.15) is 0 Å². The largest absolute Gasteiger partial charge is 0.329 e. The zero-order valence-corrected chi connectivity index (χ0v) is 13.3. The van der Waals surface area contributed by atoms with Crippen molar-refractivity contribution in [2.24, 2.45) is 11.7 Å². The van der Waals surface area contributed by atoms with Crippen molar-refractivity contribution in [2.45, 2.75) is 57.5 Å². The van der Waals surface area contributed by atoms with Crippen LogP contribution in [-0.4, -0.2) is 55.1 Å². The summed E-state index contributed by atoms with van der Waals surface area (Å²) in [6.07, 6.45) is 5.19. The smallest absolute Gasteiger partial charge is 0.0330 e. The van der Waals surface area contributed by atoms with Gasteiger partial charge in [0.15, 0.2) is 0 Å². The molecule has 3 nitrogen and oxygen atoms in total. The molecule has 0 aliphatic heterocycles. The lowest BCUT2D eigenvalue weighted by Crippen LogP contribution is -2.62. The highest BCUT2D eigenvalue weighted by Gasteiger charge is 2.42. The number of likely N-dealkylation sites (N-methyl/N-ethyl adjacent to an activating group) is 2. The van der Waals surface area contributed by atoms with E-state index in [0.29, 0.717) is 11.5 Å². The molecule has 1 rings (SSSR count). The van der Waals surface area contributed by atoms with Crippen LogP contribution in [0.2, 0.25) is 0 Å². The molecule has 1 aliphatic rings. The van der Waals surface area contributed by atoms with Crippen LogP contribution < -0.4 is 5.73 Å². The monoisotopic (exact) mass is 255 g/mol. The Morgan fingerprint density at radius 1 is 1.22 bits per heavy atom. The Morgan fingerprint density at radius 3 is 2.06 bits per heavy atom. The van der Waals surface area contributed by atoms with Crippen molar-refractivity contribution in [3.63, 3.8) is 0 Å². The lowest BCUT2D eigenvalue weighted by Gasteiger charge is -2.52. The Hall–Kier alpha value is -0.120. The second-order valence-corrected chi connectivity index (χ2v) is 7.13.